The van der Waals surface area contributed by atoms with E-state index in [1.807, 2.05) is 0 Å². The van der Waals surface area contributed by atoms with Crippen LogP contribution < -0.4 is 4.74 Å². The van der Waals surface area contributed by atoms with Gasteiger partial charge in [0.05, 0.1) is 26.2 Å². The molecule has 0 saturated carbocycles. The number of morpholine rings is 1. The maximum Gasteiger partial charge on any atom is 0.328 e. The molecule has 1 unspecified atom stereocenters. The Morgan fingerprint density at radius 1 is 1.38 bits per heavy atom. The molecule has 2 rings (SSSR count). The first kappa shape index (κ1) is 15.2. The lowest BCUT2D eigenvalue weighted by Gasteiger charge is -2.32. The van der Waals surface area contributed by atoms with Crippen molar-refractivity contribution in [3.05, 3.63) is 30.1 Å². The van der Waals surface area contributed by atoms with Gasteiger partial charge < -0.3 is 19.5 Å². The second kappa shape index (κ2) is 7.03. The van der Waals surface area contributed by atoms with Crippen LogP contribution in [0.15, 0.2) is 24.3 Å². The van der Waals surface area contributed by atoms with E-state index in [2.05, 4.69) is 0 Å². The monoisotopic (exact) mass is 297 g/mol. The third kappa shape index (κ3) is 4.16. The van der Waals surface area contributed by atoms with Crippen LogP contribution in [0, 0.1) is 5.82 Å². The van der Waals surface area contributed by atoms with E-state index in [1.165, 1.54) is 29.2 Å². The van der Waals surface area contributed by atoms with Gasteiger partial charge in [0.1, 0.15) is 11.6 Å². The summed E-state index contributed by atoms with van der Waals surface area (Å²) in [6, 6.07) is 4.51. The molecule has 0 bridgehead atoms. The second-order valence-electron chi connectivity index (χ2n) is 4.57. The lowest BCUT2D eigenvalue weighted by Crippen LogP contribution is -2.52. The van der Waals surface area contributed by atoms with Gasteiger partial charge in [-0.3, -0.25) is 4.79 Å². The van der Waals surface area contributed by atoms with Gasteiger partial charge in [0.25, 0.3) is 0 Å². The minimum atomic E-state index is -1.08. The van der Waals surface area contributed by atoms with Gasteiger partial charge in [-0.25, -0.2) is 9.18 Å². The number of ether oxygens (including phenoxy) is 2. The molecule has 1 heterocycles. The number of carbonyl (C=O) groups excluding carboxylic acids is 1. The van der Waals surface area contributed by atoms with Gasteiger partial charge in [0.15, 0.2) is 6.04 Å². The fourth-order valence-electron chi connectivity index (χ4n) is 2.04. The number of amides is 1. The summed E-state index contributed by atoms with van der Waals surface area (Å²) in [7, 11) is 0. The highest BCUT2D eigenvalue weighted by Crippen LogP contribution is 2.13. The summed E-state index contributed by atoms with van der Waals surface area (Å²) in [6.45, 7) is 0.689. The van der Waals surface area contributed by atoms with Crippen LogP contribution in [0.5, 0.6) is 5.75 Å². The summed E-state index contributed by atoms with van der Waals surface area (Å²) in [5.41, 5.74) is 0. The number of carboxylic acids is 1. The average molecular weight is 297 g/mol. The van der Waals surface area contributed by atoms with Crippen molar-refractivity contribution in [3.63, 3.8) is 0 Å². The number of carbonyl (C=O) groups is 2. The molecule has 0 radical (unpaired) electrons. The Labute approximate surface area is 121 Å². The quantitative estimate of drug-likeness (QED) is 0.874. The van der Waals surface area contributed by atoms with Crippen LogP contribution in [0.25, 0.3) is 0 Å². The highest BCUT2D eigenvalue weighted by atomic mass is 19.1. The van der Waals surface area contributed by atoms with Crippen molar-refractivity contribution in [2.75, 3.05) is 26.4 Å². The maximum absolute atomic E-state index is 12.7. The van der Waals surface area contributed by atoms with Crippen LogP contribution in [0.4, 0.5) is 4.39 Å². The van der Waals surface area contributed by atoms with Gasteiger partial charge in [-0.2, -0.15) is 0 Å². The highest BCUT2D eigenvalue weighted by Gasteiger charge is 2.32. The number of carboxylic acid groups (broad SMARTS) is 1. The fraction of sp³-hybridized carbons (Fsp3) is 0.429. The van der Waals surface area contributed by atoms with E-state index in [-0.39, 0.29) is 37.9 Å². The van der Waals surface area contributed by atoms with E-state index in [9.17, 15) is 14.0 Å². The van der Waals surface area contributed by atoms with Crippen LogP contribution in [-0.4, -0.2) is 54.3 Å². The summed E-state index contributed by atoms with van der Waals surface area (Å²) >= 11 is 0. The highest BCUT2D eigenvalue weighted by molar-refractivity contribution is 5.84. The van der Waals surface area contributed by atoms with Gasteiger partial charge in [-0.05, 0) is 24.3 Å². The second-order valence-corrected chi connectivity index (χ2v) is 4.57. The summed E-state index contributed by atoms with van der Waals surface area (Å²) in [5, 5.41) is 9.05. The number of benzene rings is 1. The van der Waals surface area contributed by atoms with Crippen molar-refractivity contribution in [2.45, 2.75) is 12.5 Å². The SMILES string of the molecule is O=C(O)C1COCCN1C(=O)CCOc1ccc(F)cc1. The zero-order chi connectivity index (χ0) is 15.2. The largest absolute Gasteiger partial charge is 0.493 e. The summed E-state index contributed by atoms with van der Waals surface area (Å²) in [4.78, 5) is 24.4. The van der Waals surface area contributed by atoms with E-state index in [1.54, 1.807) is 0 Å². The third-order valence-corrected chi connectivity index (χ3v) is 3.13. The molecule has 1 amide bonds. The topological polar surface area (TPSA) is 76.1 Å². The average Bonchev–Trinajstić information content (AvgIpc) is 2.49. The number of hydrogen-bond acceptors (Lipinski definition) is 4. The first-order chi connectivity index (χ1) is 10.1. The van der Waals surface area contributed by atoms with Crippen molar-refractivity contribution in [2.24, 2.45) is 0 Å². The Balaban J connectivity index is 1.83. The molecule has 1 fully saturated rings. The molecule has 1 aliphatic heterocycles. The van der Waals surface area contributed by atoms with Crippen LogP contribution in [0.2, 0.25) is 0 Å². The van der Waals surface area contributed by atoms with Crippen LogP contribution in [0.1, 0.15) is 6.42 Å². The minimum absolute atomic E-state index is 0.000107. The normalized spacial score (nSPS) is 18.3. The van der Waals surface area contributed by atoms with Crippen molar-refractivity contribution in [1.29, 1.82) is 0 Å². The Hall–Kier alpha value is -2.15. The van der Waals surface area contributed by atoms with Crippen molar-refractivity contribution >= 4 is 11.9 Å². The molecular formula is C14H16FNO5. The lowest BCUT2D eigenvalue weighted by molar-refractivity contribution is -0.158. The van der Waals surface area contributed by atoms with Gasteiger partial charge >= 0.3 is 5.97 Å². The molecule has 1 atom stereocenters. The fourth-order valence-corrected chi connectivity index (χ4v) is 2.04. The molecule has 7 heteroatoms. The number of rotatable bonds is 5. The van der Waals surface area contributed by atoms with Gasteiger partial charge in [-0.15, -0.1) is 0 Å². The Morgan fingerprint density at radius 2 is 2.10 bits per heavy atom. The standard InChI is InChI=1S/C14H16FNO5/c15-10-1-3-11(4-2-10)21-7-5-13(17)16-6-8-20-9-12(16)14(18)19/h1-4,12H,5-9H2,(H,18,19). The summed E-state index contributed by atoms with van der Waals surface area (Å²) in [5.74, 6) is -1.28. The zero-order valence-corrected chi connectivity index (χ0v) is 11.3. The Kier molecular flexibility index (Phi) is 5.10. The Morgan fingerprint density at radius 3 is 2.76 bits per heavy atom. The van der Waals surface area contributed by atoms with Crippen LogP contribution in [0.3, 0.4) is 0 Å². The van der Waals surface area contributed by atoms with E-state index in [0.29, 0.717) is 12.4 Å². The van der Waals surface area contributed by atoms with E-state index >= 15 is 0 Å². The third-order valence-electron chi connectivity index (χ3n) is 3.13. The summed E-state index contributed by atoms with van der Waals surface area (Å²) in [6.07, 6.45) is 0.0567. The van der Waals surface area contributed by atoms with Gasteiger partial charge in [0.2, 0.25) is 5.91 Å². The minimum Gasteiger partial charge on any atom is -0.493 e. The lowest BCUT2D eigenvalue weighted by atomic mass is 10.2. The van der Waals surface area contributed by atoms with Crippen molar-refractivity contribution in [3.8, 4) is 5.75 Å². The molecule has 1 aromatic carbocycles. The number of aliphatic carboxylic acids is 1. The molecule has 114 valence electrons. The molecular weight excluding hydrogens is 281 g/mol. The molecule has 1 saturated heterocycles. The molecule has 21 heavy (non-hydrogen) atoms. The van der Waals surface area contributed by atoms with E-state index in [0.717, 1.165) is 0 Å². The molecule has 1 N–H and O–H groups in total. The predicted molar refractivity (Wildman–Crippen MR) is 70.5 cm³/mol. The maximum atomic E-state index is 12.7. The first-order valence-corrected chi connectivity index (χ1v) is 6.56. The van der Waals surface area contributed by atoms with Crippen LogP contribution in [-0.2, 0) is 14.3 Å². The molecule has 1 aromatic rings. The molecule has 0 spiro atoms. The van der Waals surface area contributed by atoms with Gasteiger partial charge in [0, 0.05) is 6.54 Å². The first-order valence-electron chi connectivity index (χ1n) is 6.56. The van der Waals surface area contributed by atoms with Crippen molar-refractivity contribution < 1.29 is 28.6 Å². The predicted octanol–water partition coefficient (Wildman–Crippen LogP) is 0.907. The van der Waals surface area contributed by atoms with E-state index < -0.39 is 12.0 Å². The number of halogens is 1. The molecule has 0 aromatic heterocycles. The molecule has 1 aliphatic rings. The smallest absolute Gasteiger partial charge is 0.328 e. The zero-order valence-electron chi connectivity index (χ0n) is 11.3. The van der Waals surface area contributed by atoms with Crippen molar-refractivity contribution in [1.82, 2.24) is 4.90 Å². The Bertz CT molecular complexity index is 505. The van der Waals surface area contributed by atoms with Crippen LogP contribution >= 0.6 is 0 Å². The summed E-state index contributed by atoms with van der Waals surface area (Å²) < 4.78 is 23.1. The number of nitrogens with zero attached hydrogens (tertiary/aromatic N) is 1. The van der Waals surface area contributed by atoms with Gasteiger partial charge in [-0.1, -0.05) is 0 Å². The number of hydrogen-bond donors (Lipinski definition) is 1. The van der Waals surface area contributed by atoms with E-state index in [4.69, 9.17) is 14.6 Å². The molecule has 0 aliphatic carbocycles. The molecule has 6 nitrogen and oxygen atoms in total.